The van der Waals surface area contributed by atoms with Gasteiger partial charge in [-0.1, -0.05) is 19.1 Å². The maximum atomic E-state index is 11.3. The van der Waals surface area contributed by atoms with E-state index in [1.165, 1.54) is 12.1 Å². The molecule has 0 spiro atoms. The zero-order chi connectivity index (χ0) is 17.9. The second kappa shape index (κ2) is 7.12. The minimum absolute atomic E-state index is 0.118. The number of nitrogens with two attached hydrogens (primary N) is 1. The number of nitrogens with zero attached hydrogens (tertiary/aromatic N) is 4. The van der Waals surface area contributed by atoms with Crippen LogP contribution in [0.2, 0.25) is 0 Å². The van der Waals surface area contributed by atoms with Crippen LogP contribution in [0.5, 0.6) is 0 Å². The van der Waals surface area contributed by atoms with E-state index in [9.17, 15) is 8.42 Å². The van der Waals surface area contributed by atoms with E-state index in [1.54, 1.807) is 24.5 Å². The van der Waals surface area contributed by atoms with Gasteiger partial charge in [0.05, 0.1) is 4.90 Å². The summed E-state index contributed by atoms with van der Waals surface area (Å²) in [5.74, 6) is 1.57. The lowest BCUT2D eigenvalue weighted by Crippen LogP contribution is -2.12. The molecule has 1 aromatic carbocycles. The quantitative estimate of drug-likeness (QED) is 0.724. The molecule has 0 fully saturated rings. The standard InChI is InChI=1S/C17H19N5O2S/c1-2-16-19-9-7-15(21-16)17-20-10-12-22(17)11-8-13-3-5-14(6-4-13)25(18,23)24/h3-7,9-10,12H,2,8,11H2,1H3,(H2,18,23,24). The molecule has 3 rings (SSSR count). The van der Waals surface area contributed by atoms with Gasteiger partial charge in [-0.2, -0.15) is 0 Å². The molecule has 0 aliphatic carbocycles. The Labute approximate surface area is 146 Å². The number of hydrogen-bond donors (Lipinski definition) is 1. The number of aryl methyl sites for hydroxylation is 3. The fourth-order valence-electron chi connectivity index (χ4n) is 2.51. The molecule has 2 N–H and O–H groups in total. The molecule has 0 saturated carbocycles. The summed E-state index contributed by atoms with van der Waals surface area (Å²) in [6, 6.07) is 8.44. The van der Waals surface area contributed by atoms with Crippen molar-refractivity contribution in [2.75, 3.05) is 0 Å². The van der Waals surface area contributed by atoms with Crippen molar-refractivity contribution in [1.82, 2.24) is 19.5 Å². The van der Waals surface area contributed by atoms with Crippen molar-refractivity contribution in [3.8, 4) is 11.5 Å². The Morgan fingerprint density at radius 3 is 2.52 bits per heavy atom. The number of hydrogen-bond acceptors (Lipinski definition) is 5. The third kappa shape index (κ3) is 4.09. The molecule has 2 aromatic heterocycles. The van der Waals surface area contributed by atoms with Gasteiger partial charge in [-0.05, 0) is 30.2 Å². The first-order valence-electron chi connectivity index (χ1n) is 7.92. The first-order chi connectivity index (χ1) is 12.0. The summed E-state index contributed by atoms with van der Waals surface area (Å²) in [7, 11) is -3.66. The number of rotatable bonds is 6. The Morgan fingerprint density at radius 1 is 1.08 bits per heavy atom. The van der Waals surface area contributed by atoms with E-state index in [2.05, 4.69) is 15.0 Å². The monoisotopic (exact) mass is 357 g/mol. The van der Waals surface area contributed by atoms with Crippen molar-refractivity contribution in [2.24, 2.45) is 5.14 Å². The topological polar surface area (TPSA) is 104 Å². The highest BCUT2D eigenvalue weighted by atomic mass is 32.2. The smallest absolute Gasteiger partial charge is 0.238 e. The van der Waals surface area contributed by atoms with Crippen molar-refractivity contribution >= 4 is 10.0 Å². The van der Waals surface area contributed by atoms with Crippen LogP contribution in [0.25, 0.3) is 11.5 Å². The van der Waals surface area contributed by atoms with Gasteiger partial charge < -0.3 is 4.57 Å². The lowest BCUT2D eigenvalue weighted by atomic mass is 10.1. The van der Waals surface area contributed by atoms with E-state index in [0.717, 1.165) is 35.7 Å². The lowest BCUT2D eigenvalue weighted by Gasteiger charge is -2.08. The molecule has 130 valence electrons. The van der Waals surface area contributed by atoms with E-state index in [-0.39, 0.29) is 4.90 Å². The van der Waals surface area contributed by atoms with Gasteiger partial charge in [0.1, 0.15) is 11.5 Å². The van der Waals surface area contributed by atoms with Gasteiger partial charge in [-0.3, -0.25) is 0 Å². The van der Waals surface area contributed by atoms with Gasteiger partial charge in [0.25, 0.3) is 0 Å². The first kappa shape index (κ1) is 17.2. The predicted molar refractivity (Wildman–Crippen MR) is 94.2 cm³/mol. The van der Waals surface area contributed by atoms with E-state index < -0.39 is 10.0 Å². The normalized spacial score (nSPS) is 11.6. The number of imidazole rings is 1. The van der Waals surface area contributed by atoms with E-state index >= 15 is 0 Å². The molecule has 25 heavy (non-hydrogen) atoms. The molecule has 8 heteroatoms. The maximum Gasteiger partial charge on any atom is 0.238 e. The van der Waals surface area contributed by atoms with E-state index in [0.29, 0.717) is 6.54 Å². The molecular formula is C17H19N5O2S. The third-order valence-electron chi connectivity index (χ3n) is 3.86. The summed E-state index contributed by atoms with van der Waals surface area (Å²) in [5.41, 5.74) is 1.81. The Morgan fingerprint density at radius 2 is 1.84 bits per heavy atom. The zero-order valence-corrected chi connectivity index (χ0v) is 14.6. The van der Waals surface area contributed by atoms with Crippen molar-refractivity contribution in [3.05, 3.63) is 60.3 Å². The van der Waals surface area contributed by atoms with Crippen molar-refractivity contribution in [1.29, 1.82) is 0 Å². The highest BCUT2D eigenvalue weighted by Crippen LogP contribution is 2.16. The van der Waals surface area contributed by atoms with Gasteiger partial charge in [-0.15, -0.1) is 0 Å². The Bertz CT molecular complexity index is 965. The van der Waals surface area contributed by atoms with Crippen LogP contribution in [-0.4, -0.2) is 27.9 Å². The minimum Gasteiger partial charge on any atom is -0.329 e. The SMILES string of the molecule is CCc1nccc(-c2nccn2CCc2ccc(S(N)(=O)=O)cc2)n1. The third-order valence-corrected chi connectivity index (χ3v) is 4.79. The molecule has 0 unspecified atom stereocenters. The maximum absolute atomic E-state index is 11.3. The van der Waals surface area contributed by atoms with E-state index in [4.69, 9.17) is 5.14 Å². The number of primary sulfonamides is 1. The first-order valence-corrected chi connectivity index (χ1v) is 9.47. The molecule has 0 aliphatic rings. The van der Waals surface area contributed by atoms with Crippen molar-refractivity contribution in [3.63, 3.8) is 0 Å². The minimum atomic E-state index is -3.66. The van der Waals surface area contributed by atoms with Crippen LogP contribution in [0.4, 0.5) is 0 Å². The molecule has 0 atom stereocenters. The van der Waals surface area contributed by atoms with Crippen LogP contribution in [0.3, 0.4) is 0 Å². The summed E-state index contributed by atoms with van der Waals surface area (Å²) in [4.78, 5) is 13.2. The predicted octanol–water partition coefficient (Wildman–Crippen LogP) is 1.79. The molecular weight excluding hydrogens is 338 g/mol. The lowest BCUT2D eigenvalue weighted by molar-refractivity contribution is 0.597. The number of sulfonamides is 1. The zero-order valence-electron chi connectivity index (χ0n) is 13.8. The molecule has 0 radical (unpaired) electrons. The van der Waals surface area contributed by atoms with Gasteiger partial charge in [-0.25, -0.2) is 28.5 Å². The average molecular weight is 357 g/mol. The fraction of sp³-hybridized carbons (Fsp3) is 0.235. The Balaban J connectivity index is 1.75. The van der Waals surface area contributed by atoms with Crippen LogP contribution in [0, 0.1) is 0 Å². The molecule has 2 heterocycles. The van der Waals surface area contributed by atoms with Crippen LogP contribution < -0.4 is 5.14 Å². The Kier molecular flexibility index (Phi) is 4.91. The van der Waals surface area contributed by atoms with Crippen molar-refractivity contribution < 1.29 is 8.42 Å². The molecule has 0 saturated heterocycles. The summed E-state index contributed by atoms with van der Waals surface area (Å²) in [5, 5.41) is 5.11. The summed E-state index contributed by atoms with van der Waals surface area (Å²) < 4.78 is 24.6. The van der Waals surface area contributed by atoms with Gasteiger partial charge >= 0.3 is 0 Å². The van der Waals surface area contributed by atoms with Crippen LogP contribution in [0.1, 0.15) is 18.3 Å². The average Bonchev–Trinajstić information content (AvgIpc) is 3.08. The summed E-state index contributed by atoms with van der Waals surface area (Å²) in [6.07, 6.45) is 6.89. The largest absolute Gasteiger partial charge is 0.329 e. The molecule has 0 amide bonds. The molecule has 0 bridgehead atoms. The van der Waals surface area contributed by atoms with Crippen LogP contribution in [0.15, 0.2) is 53.8 Å². The highest BCUT2D eigenvalue weighted by Gasteiger charge is 2.10. The fourth-order valence-corrected chi connectivity index (χ4v) is 3.03. The number of benzene rings is 1. The van der Waals surface area contributed by atoms with E-state index in [1.807, 2.05) is 23.8 Å². The van der Waals surface area contributed by atoms with Gasteiger partial charge in [0.2, 0.25) is 10.0 Å². The van der Waals surface area contributed by atoms with Gasteiger partial charge in [0, 0.05) is 31.6 Å². The molecule has 7 nitrogen and oxygen atoms in total. The second-order valence-electron chi connectivity index (χ2n) is 5.59. The van der Waals surface area contributed by atoms with Crippen molar-refractivity contribution in [2.45, 2.75) is 31.2 Å². The highest BCUT2D eigenvalue weighted by molar-refractivity contribution is 7.89. The molecule has 0 aliphatic heterocycles. The molecule has 3 aromatic rings. The van der Waals surface area contributed by atoms with Crippen LogP contribution >= 0.6 is 0 Å². The summed E-state index contributed by atoms with van der Waals surface area (Å²) >= 11 is 0. The number of aromatic nitrogens is 4. The summed E-state index contributed by atoms with van der Waals surface area (Å²) in [6.45, 7) is 2.71. The van der Waals surface area contributed by atoms with Crippen LogP contribution in [-0.2, 0) is 29.4 Å². The second-order valence-corrected chi connectivity index (χ2v) is 7.16. The van der Waals surface area contributed by atoms with Gasteiger partial charge in [0.15, 0.2) is 5.82 Å². The Hall–Kier alpha value is -2.58.